The second kappa shape index (κ2) is 17.6. The third kappa shape index (κ3) is 12.2. The van der Waals surface area contributed by atoms with Crippen LogP contribution in [0.4, 0.5) is 0 Å². The molecule has 0 saturated heterocycles. The molecule has 0 saturated carbocycles. The Morgan fingerprint density at radius 2 is 1.43 bits per heavy atom. The number of hydrogen-bond acceptors (Lipinski definition) is 8. The van der Waals surface area contributed by atoms with Gasteiger partial charge in [0.1, 0.15) is 27.1 Å². The third-order valence-electron chi connectivity index (χ3n) is 7.22. The van der Waals surface area contributed by atoms with E-state index >= 15 is 0 Å². The van der Waals surface area contributed by atoms with Gasteiger partial charge in [0.05, 0.1) is 37.9 Å². The van der Waals surface area contributed by atoms with Crippen LogP contribution in [0.2, 0.25) is 0 Å². The molecule has 10 heteroatoms. The summed E-state index contributed by atoms with van der Waals surface area (Å²) in [6.45, 7) is 4.65. The Morgan fingerprint density at radius 1 is 0.818 bits per heavy atom. The van der Waals surface area contributed by atoms with Crippen molar-refractivity contribution in [2.24, 2.45) is 5.92 Å². The Kier molecular flexibility index (Phi) is 14.0. The van der Waals surface area contributed by atoms with Gasteiger partial charge in [-0.25, -0.2) is 8.42 Å². The molecule has 0 radical (unpaired) electrons. The van der Waals surface area contributed by atoms with Gasteiger partial charge in [-0.3, -0.25) is 4.79 Å². The third-order valence-corrected chi connectivity index (χ3v) is 8.93. The first-order valence-corrected chi connectivity index (χ1v) is 16.8. The summed E-state index contributed by atoms with van der Waals surface area (Å²) in [7, 11) is -0.259. The summed E-state index contributed by atoms with van der Waals surface area (Å²) in [5, 5.41) is 17.5. The van der Waals surface area contributed by atoms with E-state index in [1.807, 2.05) is 68.4 Å². The van der Waals surface area contributed by atoms with Crippen LogP contribution in [0.1, 0.15) is 37.8 Å². The van der Waals surface area contributed by atoms with E-state index in [0.29, 0.717) is 30.9 Å². The average molecular weight is 627 g/mol. The zero-order chi connectivity index (χ0) is 32.0. The van der Waals surface area contributed by atoms with Gasteiger partial charge in [-0.1, -0.05) is 62.4 Å². The number of methoxy groups -OCH3 is 2. The molecule has 1 amide bonds. The largest absolute Gasteiger partial charge is 0.497 e. The van der Waals surface area contributed by atoms with E-state index in [0.717, 1.165) is 16.9 Å². The highest BCUT2D eigenvalue weighted by Crippen LogP contribution is 2.22. The highest BCUT2D eigenvalue weighted by molar-refractivity contribution is 7.91. The molecule has 0 aliphatic rings. The van der Waals surface area contributed by atoms with E-state index in [2.05, 4.69) is 10.6 Å². The second-order valence-corrected chi connectivity index (χ2v) is 13.6. The van der Waals surface area contributed by atoms with Crippen LogP contribution in [0.15, 0.2) is 78.9 Å². The zero-order valence-corrected chi connectivity index (χ0v) is 26.9. The van der Waals surface area contributed by atoms with Gasteiger partial charge in [0, 0.05) is 25.6 Å². The molecule has 0 aromatic heterocycles. The predicted molar refractivity (Wildman–Crippen MR) is 173 cm³/mol. The van der Waals surface area contributed by atoms with E-state index in [1.165, 1.54) is 7.11 Å². The van der Waals surface area contributed by atoms with Crippen molar-refractivity contribution in [3.63, 3.8) is 0 Å². The number of sulfone groups is 1. The summed E-state index contributed by atoms with van der Waals surface area (Å²) >= 11 is 0. The molecule has 3 atom stereocenters. The van der Waals surface area contributed by atoms with Crippen molar-refractivity contribution in [1.82, 2.24) is 10.6 Å². The lowest BCUT2D eigenvalue weighted by atomic mass is 10.0. The Hall–Kier alpha value is -3.60. The SMILES string of the molecule is COc1cccc(CNC[C@H](O)[C@H](Cc2ccccc2)NC(=O)C(CCS(=O)(=O)CCC(C)C)Oc2cccc(OC)c2)c1. The fraction of sp³-hybridized carbons (Fsp3) is 0.441. The lowest BCUT2D eigenvalue weighted by Crippen LogP contribution is -2.52. The second-order valence-electron chi connectivity index (χ2n) is 11.3. The quantitative estimate of drug-likeness (QED) is 0.181. The van der Waals surface area contributed by atoms with Gasteiger partial charge < -0.3 is 30.0 Å². The first-order chi connectivity index (χ1) is 21.1. The number of carbonyl (C=O) groups excluding carboxylic acids is 1. The fourth-order valence-corrected chi connectivity index (χ4v) is 6.21. The number of rotatable bonds is 19. The normalized spacial score (nSPS) is 13.6. The Balaban J connectivity index is 1.76. The summed E-state index contributed by atoms with van der Waals surface area (Å²) in [5.74, 6) is 1.26. The molecule has 0 fully saturated rings. The van der Waals surface area contributed by atoms with Gasteiger partial charge in [-0.15, -0.1) is 0 Å². The molecule has 0 aliphatic carbocycles. The lowest BCUT2D eigenvalue weighted by Gasteiger charge is -2.27. The van der Waals surface area contributed by atoms with Crippen molar-refractivity contribution in [3.05, 3.63) is 90.0 Å². The molecule has 3 rings (SSSR count). The molecular weight excluding hydrogens is 580 g/mol. The highest BCUT2D eigenvalue weighted by atomic mass is 32.2. The number of ether oxygens (including phenoxy) is 3. The molecule has 3 N–H and O–H groups in total. The van der Waals surface area contributed by atoms with E-state index in [4.69, 9.17) is 14.2 Å². The highest BCUT2D eigenvalue weighted by Gasteiger charge is 2.29. The van der Waals surface area contributed by atoms with Gasteiger partial charge in [0.2, 0.25) is 0 Å². The van der Waals surface area contributed by atoms with E-state index < -0.39 is 34.0 Å². The van der Waals surface area contributed by atoms with Crippen LogP contribution in [0.3, 0.4) is 0 Å². The van der Waals surface area contributed by atoms with Crippen LogP contribution in [0, 0.1) is 5.92 Å². The van der Waals surface area contributed by atoms with Crippen molar-refractivity contribution < 1.29 is 32.5 Å². The molecule has 0 spiro atoms. The molecule has 3 aromatic rings. The van der Waals surface area contributed by atoms with E-state index in [1.54, 1.807) is 31.4 Å². The van der Waals surface area contributed by atoms with Gasteiger partial charge in [-0.2, -0.15) is 0 Å². The number of benzene rings is 3. The summed E-state index contributed by atoms with van der Waals surface area (Å²) in [5.41, 5.74) is 1.93. The van der Waals surface area contributed by atoms with Crippen LogP contribution < -0.4 is 24.8 Å². The molecule has 240 valence electrons. The van der Waals surface area contributed by atoms with Crippen molar-refractivity contribution in [2.45, 2.75) is 57.9 Å². The van der Waals surface area contributed by atoms with Crippen LogP contribution in [0.5, 0.6) is 17.2 Å². The molecule has 1 unspecified atom stereocenters. The first kappa shape index (κ1) is 34.9. The topological polar surface area (TPSA) is 123 Å². The molecule has 0 bridgehead atoms. The Morgan fingerprint density at radius 3 is 2.11 bits per heavy atom. The van der Waals surface area contributed by atoms with Crippen molar-refractivity contribution in [3.8, 4) is 17.2 Å². The maximum Gasteiger partial charge on any atom is 0.261 e. The number of nitrogens with one attached hydrogen (secondary N) is 2. The van der Waals surface area contributed by atoms with Crippen LogP contribution in [-0.2, 0) is 27.6 Å². The summed E-state index contributed by atoms with van der Waals surface area (Å²) < 4.78 is 42.2. The minimum atomic E-state index is -3.40. The van der Waals surface area contributed by atoms with Gasteiger partial charge >= 0.3 is 0 Å². The van der Waals surface area contributed by atoms with Gasteiger partial charge in [0.15, 0.2) is 6.10 Å². The maximum atomic E-state index is 13.7. The van der Waals surface area contributed by atoms with Crippen LogP contribution in [0.25, 0.3) is 0 Å². The Labute approximate surface area is 261 Å². The number of hydrogen-bond donors (Lipinski definition) is 3. The molecule has 9 nitrogen and oxygen atoms in total. The molecule has 0 aliphatic heterocycles. The fourth-order valence-electron chi connectivity index (χ4n) is 4.60. The van der Waals surface area contributed by atoms with Crippen molar-refractivity contribution in [2.75, 3.05) is 32.3 Å². The smallest absolute Gasteiger partial charge is 0.261 e. The summed E-state index contributed by atoms with van der Waals surface area (Å²) in [6.07, 6.45) is -1.17. The van der Waals surface area contributed by atoms with Crippen molar-refractivity contribution >= 4 is 15.7 Å². The van der Waals surface area contributed by atoms with Gasteiger partial charge in [-0.05, 0) is 54.2 Å². The monoisotopic (exact) mass is 626 g/mol. The molecule has 44 heavy (non-hydrogen) atoms. The molecular formula is C34H46N2O7S. The van der Waals surface area contributed by atoms with Gasteiger partial charge in [0.25, 0.3) is 5.91 Å². The number of carbonyl (C=O) groups is 1. The predicted octanol–water partition coefficient (Wildman–Crippen LogP) is 4.18. The maximum absolute atomic E-state index is 13.7. The van der Waals surface area contributed by atoms with E-state index in [-0.39, 0.29) is 30.4 Å². The number of aliphatic hydroxyl groups is 1. The van der Waals surface area contributed by atoms with Crippen molar-refractivity contribution in [1.29, 1.82) is 0 Å². The van der Waals surface area contributed by atoms with Crippen LogP contribution >= 0.6 is 0 Å². The Bertz CT molecular complexity index is 1400. The van der Waals surface area contributed by atoms with Crippen LogP contribution in [-0.4, -0.2) is 70.0 Å². The summed E-state index contributed by atoms with van der Waals surface area (Å²) in [4.78, 5) is 13.7. The first-order valence-electron chi connectivity index (χ1n) is 15.0. The molecule has 3 aromatic carbocycles. The average Bonchev–Trinajstić information content (AvgIpc) is 3.02. The number of aliphatic hydroxyl groups excluding tert-OH is 1. The summed E-state index contributed by atoms with van der Waals surface area (Å²) in [6, 6.07) is 23.4. The van der Waals surface area contributed by atoms with E-state index in [9.17, 15) is 18.3 Å². The lowest BCUT2D eigenvalue weighted by molar-refractivity contribution is -0.129. The standard InChI is InChI=1S/C34H46N2O7S/c1-25(2)16-18-44(39,40)19-17-33(43-30-15-9-14-29(22-30)42-4)34(38)36-31(21-26-10-6-5-7-11-26)32(37)24-35-23-27-12-8-13-28(20-27)41-3/h5-15,20,22,25,31-33,35,37H,16-19,21,23-24H2,1-4H3,(H,36,38)/t31-,32-,33?/m0/s1. The number of amides is 1. The minimum absolute atomic E-state index is 0.0360. The zero-order valence-electron chi connectivity index (χ0n) is 26.1. The molecule has 0 heterocycles. The minimum Gasteiger partial charge on any atom is -0.497 e.